The van der Waals surface area contributed by atoms with Crippen molar-refractivity contribution in [1.82, 2.24) is 15.0 Å². The molecule has 4 rings (SSSR count). The Morgan fingerprint density at radius 1 is 1.03 bits per heavy atom. The smallest absolute Gasteiger partial charge is 0.271 e. The molecule has 0 amide bonds. The molecule has 186 valence electrons. The first-order chi connectivity index (χ1) is 17.3. The van der Waals surface area contributed by atoms with Crippen LogP contribution in [0.15, 0.2) is 46.0 Å². The summed E-state index contributed by atoms with van der Waals surface area (Å²) >= 11 is 3.08. The van der Waals surface area contributed by atoms with Crippen LogP contribution in [0.1, 0.15) is 5.56 Å². The number of aromatic hydroxyl groups is 1. The molecule has 36 heavy (non-hydrogen) atoms. The molecule has 0 spiro atoms. The first-order valence-corrected chi connectivity index (χ1v) is 11.2. The predicted octanol–water partition coefficient (Wildman–Crippen LogP) is 3.18. The molecule has 1 fully saturated rings. The van der Waals surface area contributed by atoms with Crippen molar-refractivity contribution in [3.63, 3.8) is 0 Å². The van der Waals surface area contributed by atoms with Crippen molar-refractivity contribution >= 4 is 57.1 Å². The summed E-state index contributed by atoms with van der Waals surface area (Å²) in [6.45, 7) is 2.11. The minimum Gasteiger partial charge on any atom is -0.506 e. The van der Waals surface area contributed by atoms with E-state index in [1.807, 2.05) is 4.90 Å². The Morgan fingerprint density at radius 3 is 2.36 bits per heavy atom. The maximum Gasteiger partial charge on any atom is 0.271 e. The maximum atomic E-state index is 11.1. The number of hydrogen-bond acceptors (Lipinski definition) is 13. The lowest BCUT2D eigenvalue weighted by atomic mass is 10.2. The number of hydrogen-bond donors (Lipinski definition) is 3. The number of nitrogens with one attached hydrogen (secondary N) is 2. The van der Waals surface area contributed by atoms with Crippen LogP contribution in [-0.2, 0) is 4.74 Å². The molecule has 0 aliphatic carbocycles. The Kier molecular flexibility index (Phi) is 7.45. The van der Waals surface area contributed by atoms with Crippen LogP contribution in [0.4, 0.5) is 34.9 Å². The fourth-order valence-corrected chi connectivity index (χ4v) is 3.60. The van der Waals surface area contributed by atoms with Crippen molar-refractivity contribution in [2.24, 2.45) is 5.10 Å². The monoisotopic (exact) mass is 559 g/mol. The summed E-state index contributed by atoms with van der Waals surface area (Å²) in [5.41, 5.74) is 2.96. The third kappa shape index (κ3) is 5.97. The number of halogens is 1. The third-order valence-corrected chi connectivity index (χ3v) is 5.51. The Labute approximate surface area is 211 Å². The van der Waals surface area contributed by atoms with Gasteiger partial charge in [-0.2, -0.15) is 20.1 Å². The number of phenolic OH excluding ortho intramolecular Hbond substituents is 1. The largest absolute Gasteiger partial charge is 0.506 e. The highest BCUT2D eigenvalue weighted by molar-refractivity contribution is 9.10. The summed E-state index contributed by atoms with van der Waals surface area (Å²) in [6, 6.07) is 8.07. The summed E-state index contributed by atoms with van der Waals surface area (Å²) in [4.78, 5) is 35.9. The number of morpholine rings is 1. The maximum absolute atomic E-state index is 11.1. The van der Waals surface area contributed by atoms with Crippen LogP contribution in [0.3, 0.4) is 0 Å². The number of phenols is 1. The number of nitro benzene ring substituents is 2. The number of nitrogens with zero attached hydrogens (tertiary/aromatic N) is 7. The van der Waals surface area contributed by atoms with Crippen LogP contribution in [0.5, 0.6) is 5.75 Å². The Morgan fingerprint density at radius 2 is 1.69 bits per heavy atom. The van der Waals surface area contributed by atoms with Gasteiger partial charge in [0.15, 0.2) is 0 Å². The molecule has 0 radical (unpaired) electrons. The van der Waals surface area contributed by atoms with E-state index < -0.39 is 9.85 Å². The van der Waals surface area contributed by atoms with Gasteiger partial charge in [-0.05, 0) is 28.1 Å². The third-order valence-electron chi connectivity index (χ3n) is 4.91. The van der Waals surface area contributed by atoms with Crippen LogP contribution < -0.4 is 15.6 Å². The van der Waals surface area contributed by atoms with E-state index in [0.717, 1.165) is 0 Å². The molecule has 3 N–H and O–H groups in total. The molecule has 1 aliphatic heterocycles. The zero-order valence-corrected chi connectivity index (χ0v) is 20.0. The molecule has 3 aromatic rings. The normalized spacial score (nSPS) is 13.5. The van der Waals surface area contributed by atoms with Gasteiger partial charge in [0.1, 0.15) is 5.75 Å². The van der Waals surface area contributed by atoms with Gasteiger partial charge in [0, 0.05) is 48.6 Å². The number of non-ortho nitro benzene ring substituents is 2. The van der Waals surface area contributed by atoms with Crippen molar-refractivity contribution in [1.29, 1.82) is 0 Å². The quantitative estimate of drug-likeness (QED) is 0.207. The zero-order valence-electron chi connectivity index (χ0n) is 18.4. The van der Waals surface area contributed by atoms with Gasteiger partial charge in [-0.3, -0.25) is 20.2 Å². The SMILES string of the molecule is O=[N+]([O-])c1ccc(Nc2nc(N/N=C\c3cc([N+](=O)[O-])cc(Br)c3O)nc(N3CCOCC3)n2)cc1. The lowest BCUT2D eigenvalue weighted by Gasteiger charge is -2.27. The highest BCUT2D eigenvalue weighted by Gasteiger charge is 2.17. The highest BCUT2D eigenvalue weighted by atomic mass is 79.9. The summed E-state index contributed by atoms with van der Waals surface area (Å²) in [7, 11) is 0. The van der Waals surface area contributed by atoms with Gasteiger partial charge in [0.25, 0.3) is 11.4 Å². The van der Waals surface area contributed by atoms with Crippen molar-refractivity contribution in [3.05, 3.63) is 66.7 Å². The molecule has 16 heteroatoms. The second kappa shape index (κ2) is 10.9. The Balaban J connectivity index is 1.60. The molecule has 1 saturated heterocycles. The molecule has 0 saturated carbocycles. The van der Waals surface area contributed by atoms with Crippen molar-refractivity contribution in [3.8, 4) is 5.75 Å². The van der Waals surface area contributed by atoms with E-state index in [-0.39, 0.29) is 39.1 Å². The molecule has 1 aliphatic rings. The molecule has 15 nitrogen and oxygen atoms in total. The number of benzene rings is 2. The van der Waals surface area contributed by atoms with Crippen molar-refractivity contribution in [2.75, 3.05) is 41.9 Å². The Hall–Kier alpha value is -4.44. The summed E-state index contributed by atoms with van der Waals surface area (Å²) in [6.07, 6.45) is 1.19. The molecule has 0 unspecified atom stereocenters. The van der Waals surface area contributed by atoms with Gasteiger partial charge in [-0.1, -0.05) is 0 Å². The van der Waals surface area contributed by atoms with Crippen molar-refractivity contribution in [2.45, 2.75) is 0 Å². The fraction of sp³-hybridized carbons (Fsp3) is 0.200. The van der Waals surface area contributed by atoms with Gasteiger partial charge < -0.3 is 20.1 Å². The number of hydrazone groups is 1. The van der Waals surface area contributed by atoms with Crippen LogP contribution in [0.25, 0.3) is 0 Å². The number of rotatable bonds is 8. The molecular weight excluding hydrogens is 542 g/mol. The first kappa shape index (κ1) is 24.7. The van der Waals surface area contributed by atoms with E-state index >= 15 is 0 Å². The number of aromatic nitrogens is 3. The van der Waals surface area contributed by atoms with E-state index in [9.17, 15) is 25.3 Å². The molecule has 2 aromatic carbocycles. The van der Waals surface area contributed by atoms with Gasteiger partial charge in [0.05, 0.1) is 33.7 Å². The standard InChI is InChI=1S/C20H18BrN9O6/c21-16-10-15(30(34)35)9-12(17(16)31)11-22-27-19-24-18(23-13-1-3-14(4-2-13)29(32)33)25-20(26-19)28-5-7-36-8-6-28/h1-4,9-11,31H,5-8H2,(H2,23,24,25,26,27)/b22-11-. The van der Waals surface area contributed by atoms with Crippen molar-refractivity contribution < 1.29 is 19.7 Å². The molecule has 0 bridgehead atoms. The average molecular weight is 560 g/mol. The summed E-state index contributed by atoms with van der Waals surface area (Å²) in [5, 5.41) is 39.2. The number of ether oxygens (including phenoxy) is 1. The van der Waals surface area contributed by atoms with E-state index in [1.165, 1.54) is 42.6 Å². The second-order valence-corrected chi connectivity index (χ2v) is 8.16. The highest BCUT2D eigenvalue weighted by Crippen LogP contribution is 2.31. The topological polar surface area (TPSA) is 194 Å². The Bertz CT molecular complexity index is 1320. The van der Waals surface area contributed by atoms with E-state index in [4.69, 9.17) is 4.74 Å². The number of nitro groups is 2. The lowest BCUT2D eigenvalue weighted by Crippen LogP contribution is -2.37. The van der Waals surface area contributed by atoms with E-state index in [1.54, 1.807) is 0 Å². The zero-order chi connectivity index (χ0) is 25.7. The van der Waals surface area contributed by atoms with Crippen LogP contribution in [0, 0.1) is 20.2 Å². The molecular formula is C20H18BrN9O6. The molecule has 2 heterocycles. The van der Waals surface area contributed by atoms with E-state index in [2.05, 4.69) is 46.7 Å². The number of anilines is 4. The average Bonchev–Trinajstić information content (AvgIpc) is 2.87. The van der Waals surface area contributed by atoms with Gasteiger partial charge in [0.2, 0.25) is 17.8 Å². The predicted molar refractivity (Wildman–Crippen MR) is 133 cm³/mol. The lowest BCUT2D eigenvalue weighted by molar-refractivity contribution is -0.385. The first-order valence-electron chi connectivity index (χ1n) is 10.4. The second-order valence-electron chi connectivity index (χ2n) is 7.30. The van der Waals surface area contributed by atoms with Crippen LogP contribution >= 0.6 is 15.9 Å². The van der Waals surface area contributed by atoms with Crippen LogP contribution in [0.2, 0.25) is 0 Å². The molecule has 1 aromatic heterocycles. The van der Waals surface area contributed by atoms with Gasteiger partial charge in [-0.25, -0.2) is 5.43 Å². The van der Waals surface area contributed by atoms with Gasteiger partial charge >= 0.3 is 0 Å². The fourth-order valence-electron chi connectivity index (χ4n) is 3.14. The van der Waals surface area contributed by atoms with Crippen LogP contribution in [-0.4, -0.2) is 62.4 Å². The summed E-state index contributed by atoms with van der Waals surface area (Å²) < 4.78 is 5.51. The minimum absolute atomic E-state index is 0.0520. The van der Waals surface area contributed by atoms with Gasteiger partial charge in [-0.15, -0.1) is 0 Å². The summed E-state index contributed by atoms with van der Waals surface area (Å²) in [5.74, 6) is 0.322. The molecule has 0 atom stereocenters. The minimum atomic E-state index is -0.592. The van der Waals surface area contributed by atoms with E-state index in [0.29, 0.717) is 37.9 Å².